The van der Waals surface area contributed by atoms with Crippen molar-refractivity contribution < 1.29 is 19.6 Å². The molecule has 2 aliphatic rings. The topological polar surface area (TPSA) is 94.1 Å². The zero-order chi connectivity index (χ0) is 26.1. The minimum atomic E-state index is -1.63. The Morgan fingerprint density at radius 2 is 1.57 bits per heavy atom. The molecule has 1 heterocycles. The van der Waals surface area contributed by atoms with Crippen LogP contribution in [0, 0.1) is 20.8 Å². The van der Waals surface area contributed by atoms with E-state index in [0.29, 0.717) is 23.3 Å². The third-order valence-electron chi connectivity index (χ3n) is 7.88. The monoisotopic (exact) mass is 499 g/mol. The van der Waals surface area contributed by atoms with E-state index < -0.39 is 13.2 Å². The summed E-state index contributed by atoms with van der Waals surface area (Å²) in [5, 5.41) is 26.7. The molecule has 0 unspecified atom stereocenters. The Morgan fingerprint density at radius 1 is 0.973 bits per heavy atom. The average Bonchev–Trinajstić information content (AvgIpc) is 3.22. The highest BCUT2D eigenvalue weighted by molar-refractivity contribution is 6.60. The maximum atomic E-state index is 13.1. The van der Waals surface area contributed by atoms with Gasteiger partial charge in [0.25, 0.3) is 0 Å². The highest BCUT2D eigenvalue weighted by atomic mass is 16.5. The van der Waals surface area contributed by atoms with Crippen LogP contribution in [0.2, 0.25) is 0 Å². The smallest absolute Gasteiger partial charge is 0.448 e. The third-order valence-corrected chi connectivity index (χ3v) is 7.88. The van der Waals surface area contributed by atoms with Gasteiger partial charge in [-0.2, -0.15) is 0 Å². The minimum absolute atomic E-state index is 0.0311. The summed E-state index contributed by atoms with van der Waals surface area (Å²) < 4.78 is 5.78. The lowest BCUT2D eigenvalue weighted by molar-refractivity contribution is 0.158. The van der Waals surface area contributed by atoms with Crippen LogP contribution in [0.25, 0.3) is 11.1 Å². The van der Waals surface area contributed by atoms with Gasteiger partial charge in [-0.3, -0.25) is 10.2 Å². The predicted octanol–water partition coefficient (Wildman–Crippen LogP) is 3.06. The highest BCUT2D eigenvalue weighted by Gasteiger charge is 2.30. The van der Waals surface area contributed by atoms with E-state index in [-0.39, 0.29) is 12.5 Å². The van der Waals surface area contributed by atoms with Gasteiger partial charge < -0.3 is 20.1 Å². The van der Waals surface area contributed by atoms with Crippen LogP contribution in [0.15, 0.2) is 48.5 Å². The van der Waals surface area contributed by atoms with Crippen LogP contribution in [-0.2, 0) is 11.3 Å². The second kappa shape index (κ2) is 10.7. The van der Waals surface area contributed by atoms with Gasteiger partial charge in [-0.15, -0.1) is 0 Å². The summed E-state index contributed by atoms with van der Waals surface area (Å²) in [6, 6.07) is 16.5. The molecule has 8 heteroatoms. The average molecular weight is 499 g/mol. The van der Waals surface area contributed by atoms with Crippen molar-refractivity contribution in [3.8, 4) is 11.1 Å². The molecule has 1 amide bonds. The van der Waals surface area contributed by atoms with Crippen molar-refractivity contribution in [2.24, 2.45) is 0 Å². The molecular formula is C29H34BN3O4. The molecule has 37 heavy (non-hydrogen) atoms. The molecule has 192 valence electrons. The molecule has 1 saturated heterocycles. The van der Waals surface area contributed by atoms with Crippen molar-refractivity contribution >= 4 is 24.4 Å². The largest absolute Gasteiger partial charge is 0.489 e. The maximum absolute atomic E-state index is 13.1. The fourth-order valence-electron chi connectivity index (χ4n) is 5.93. The quantitative estimate of drug-likeness (QED) is 0.390. The number of hydrogen-bond donors (Lipinski definition) is 4. The third kappa shape index (κ3) is 4.90. The molecule has 1 fully saturated rings. The summed E-state index contributed by atoms with van der Waals surface area (Å²) in [5.41, 5.74) is 9.10. The summed E-state index contributed by atoms with van der Waals surface area (Å²) in [6.45, 7) is 10.3. The molecule has 1 aliphatic heterocycles. The molecule has 3 aromatic rings. The summed E-state index contributed by atoms with van der Waals surface area (Å²) in [4.78, 5) is 15.4. The zero-order valence-electron chi connectivity index (χ0n) is 21.7. The van der Waals surface area contributed by atoms with Gasteiger partial charge in [0.05, 0.1) is 0 Å². The second-order valence-corrected chi connectivity index (χ2v) is 9.99. The van der Waals surface area contributed by atoms with Crippen LogP contribution in [0.5, 0.6) is 0 Å². The maximum Gasteiger partial charge on any atom is 0.489 e. The van der Waals surface area contributed by atoms with Gasteiger partial charge in [-0.1, -0.05) is 48.5 Å². The number of rotatable bonds is 6. The molecule has 0 spiro atoms. The first-order valence-corrected chi connectivity index (χ1v) is 12.9. The van der Waals surface area contributed by atoms with Gasteiger partial charge in [0.2, 0.25) is 0 Å². The lowest BCUT2D eigenvalue weighted by Crippen LogP contribution is -2.44. The number of ether oxygens (including phenoxy) is 1. The Labute approximate surface area is 218 Å². The number of anilines is 1. The molecule has 1 aliphatic carbocycles. The lowest BCUT2D eigenvalue weighted by Gasteiger charge is -2.30. The zero-order valence-corrected chi connectivity index (χ0v) is 21.7. The van der Waals surface area contributed by atoms with Crippen molar-refractivity contribution in [3.63, 3.8) is 0 Å². The normalized spacial score (nSPS) is 15.3. The van der Waals surface area contributed by atoms with E-state index in [0.717, 1.165) is 54.0 Å². The Bertz CT molecular complexity index is 1280. The van der Waals surface area contributed by atoms with E-state index in [1.54, 1.807) is 0 Å². The number of carbonyl (C=O) groups is 1. The highest BCUT2D eigenvalue weighted by Crippen LogP contribution is 2.44. The summed E-state index contributed by atoms with van der Waals surface area (Å²) in [7, 11) is -1.63. The van der Waals surface area contributed by atoms with E-state index in [1.165, 1.54) is 11.1 Å². The van der Waals surface area contributed by atoms with Crippen molar-refractivity contribution in [2.75, 3.05) is 38.1 Å². The molecular weight excluding hydrogens is 465 g/mol. The van der Waals surface area contributed by atoms with Crippen molar-refractivity contribution in [1.29, 1.82) is 0 Å². The number of nitrogens with one attached hydrogen (secondary N) is 2. The standard InChI is InChI=1S/C29H34BN3O4/c1-18-25(16-33-14-12-31-13-15-33)19(2)28(20(3)27(18)30(35)36)32-29(34)37-17-26-23-10-6-4-8-21(23)22-9-5-7-11-24(22)26/h4-11,26,31,35-36H,12-17H2,1-3H3,(H,32,34). The van der Waals surface area contributed by atoms with E-state index in [9.17, 15) is 14.8 Å². The first-order valence-electron chi connectivity index (χ1n) is 12.9. The fraction of sp³-hybridized carbons (Fsp3) is 0.345. The molecule has 0 bridgehead atoms. The molecule has 7 nitrogen and oxygen atoms in total. The number of benzene rings is 3. The van der Waals surface area contributed by atoms with Gasteiger partial charge in [-0.05, 0) is 70.7 Å². The van der Waals surface area contributed by atoms with Gasteiger partial charge in [0.15, 0.2) is 0 Å². The summed E-state index contributed by atoms with van der Waals surface area (Å²) >= 11 is 0. The van der Waals surface area contributed by atoms with Gasteiger partial charge in [0, 0.05) is 44.3 Å². The van der Waals surface area contributed by atoms with Crippen LogP contribution >= 0.6 is 0 Å². The Kier molecular flexibility index (Phi) is 7.35. The fourth-order valence-corrected chi connectivity index (χ4v) is 5.93. The SMILES string of the molecule is Cc1c(CN2CCNCC2)c(C)c(B(O)O)c(C)c1NC(=O)OCC1c2ccccc2-c2ccccc21. The number of hydrogen-bond acceptors (Lipinski definition) is 6. The number of amides is 1. The van der Waals surface area contributed by atoms with Crippen LogP contribution in [0.4, 0.5) is 10.5 Å². The van der Waals surface area contributed by atoms with E-state index in [2.05, 4.69) is 39.8 Å². The van der Waals surface area contributed by atoms with E-state index in [1.807, 2.05) is 45.0 Å². The number of fused-ring (bicyclic) bond motifs is 3. The molecule has 5 rings (SSSR count). The minimum Gasteiger partial charge on any atom is -0.448 e. The Balaban J connectivity index is 1.38. The van der Waals surface area contributed by atoms with Crippen molar-refractivity contribution in [2.45, 2.75) is 33.2 Å². The predicted molar refractivity (Wildman–Crippen MR) is 147 cm³/mol. The van der Waals surface area contributed by atoms with Gasteiger partial charge in [0.1, 0.15) is 6.61 Å². The van der Waals surface area contributed by atoms with Crippen LogP contribution < -0.4 is 16.1 Å². The first-order chi connectivity index (χ1) is 17.9. The number of nitrogens with zero attached hydrogens (tertiary/aromatic N) is 1. The van der Waals surface area contributed by atoms with Crippen LogP contribution in [-0.4, -0.2) is 60.9 Å². The van der Waals surface area contributed by atoms with E-state index in [4.69, 9.17) is 4.74 Å². The Hall–Kier alpha value is -3.17. The van der Waals surface area contributed by atoms with Crippen molar-refractivity contribution in [1.82, 2.24) is 10.2 Å². The van der Waals surface area contributed by atoms with Crippen LogP contribution in [0.3, 0.4) is 0 Å². The molecule has 4 N–H and O–H groups in total. The molecule has 3 aromatic carbocycles. The second-order valence-electron chi connectivity index (χ2n) is 9.99. The van der Waals surface area contributed by atoms with Gasteiger partial charge >= 0.3 is 13.2 Å². The van der Waals surface area contributed by atoms with Crippen LogP contribution in [0.1, 0.15) is 39.3 Å². The number of piperazine rings is 1. The summed E-state index contributed by atoms with van der Waals surface area (Å²) in [6.07, 6.45) is -0.552. The van der Waals surface area contributed by atoms with Gasteiger partial charge in [-0.25, -0.2) is 4.79 Å². The Morgan fingerprint density at radius 3 is 2.16 bits per heavy atom. The first kappa shape index (κ1) is 25.5. The van der Waals surface area contributed by atoms with E-state index >= 15 is 0 Å². The number of carbonyl (C=O) groups excluding carboxylic acids is 1. The molecule has 0 radical (unpaired) electrons. The molecule has 0 aromatic heterocycles. The summed E-state index contributed by atoms with van der Waals surface area (Å²) in [5.74, 6) is -0.0311. The molecule has 0 atom stereocenters. The lowest BCUT2D eigenvalue weighted by atomic mass is 9.71. The molecule has 0 saturated carbocycles. The van der Waals surface area contributed by atoms with Crippen molar-refractivity contribution in [3.05, 3.63) is 81.9 Å².